The molecule has 0 saturated heterocycles. The Morgan fingerprint density at radius 3 is 2.60 bits per heavy atom. The molecule has 0 spiro atoms. The van der Waals surface area contributed by atoms with Crippen LogP contribution in [-0.2, 0) is 6.42 Å². The minimum atomic E-state index is 0.937. The molecule has 0 aliphatic carbocycles. The molecule has 0 saturated carbocycles. The zero-order valence-electron chi connectivity index (χ0n) is 11.7. The largest absolute Gasteiger partial charge is 0.252 e. The van der Waals surface area contributed by atoms with Crippen LogP contribution in [0.1, 0.15) is 18.2 Å². The molecule has 2 heteroatoms. The normalized spacial score (nSPS) is 10.9. The number of benzene rings is 2. The lowest BCUT2D eigenvalue weighted by Crippen LogP contribution is -1.94. The number of pyridine rings is 1. The summed E-state index contributed by atoms with van der Waals surface area (Å²) < 4.78 is 1.10. The summed E-state index contributed by atoms with van der Waals surface area (Å²) in [5, 5.41) is 2.48. The Labute approximate surface area is 127 Å². The quantitative estimate of drug-likeness (QED) is 0.603. The van der Waals surface area contributed by atoms with Crippen LogP contribution in [0, 0.1) is 6.92 Å². The van der Waals surface area contributed by atoms with Crippen LogP contribution in [0.4, 0.5) is 0 Å². The summed E-state index contributed by atoms with van der Waals surface area (Å²) in [6.45, 7) is 4.29. The fourth-order valence-electron chi connectivity index (χ4n) is 2.56. The first kappa shape index (κ1) is 13.3. The van der Waals surface area contributed by atoms with Gasteiger partial charge >= 0.3 is 0 Å². The maximum absolute atomic E-state index is 4.87. The Morgan fingerprint density at radius 1 is 1.05 bits per heavy atom. The van der Waals surface area contributed by atoms with Crippen molar-refractivity contribution >= 4 is 26.7 Å². The van der Waals surface area contributed by atoms with Crippen LogP contribution < -0.4 is 0 Å². The van der Waals surface area contributed by atoms with Crippen molar-refractivity contribution in [2.45, 2.75) is 20.3 Å². The smallest absolute Gasteiger partial charge is 0.0714 e. The third kappa shape index (κ3) is 2.36. The second kappa shape index (κ2) is 5.37. The average molecular weight is 326 g/mol. The molecule has 2 aromatic carbocycles. The van der Waals surface area contributed by atoms with E-state index < -0.39 is 0 Å². The van der Waals surface area contributed by atoms with Gasteiger partial charge in [-0.25, -0.2) is 0 Å². The number of rotatable bonds is 2. The number of aryl methyl sites for hydroxylation is 2. The molecule has 3 aromatic rings. The second-order valence-corrected chi connectivity index (χ2v) is 5.90. The standard InChI is InChI=1S/C18H16BrN/c1-3-17-16-11-14(19)9-8-13(16)10-18(20-17)15-7-5-4-6-12(15)2/h4-11H,3H2,1-2H3. The Bertz CT molecular complexity index is 777. The maximum atomic E-state index is 4.87. The van der Waals surface area contributed by atoms with Crippen molar-refractivity contribution in [2.24, 2.45) is 0 Å². The van der Waals surface area contributed by atoms with E-state index >= 15 is 0 Å². The van der Waals surface area contributed by atoms with Crippen LogP contribution in [0.25, 0.3) is 22.0 Å². The third-order valence-corrected chi connectivity index (χ3v) is 4.12. The molecule has 0 unspecified atom stereocenters. The Morgan fingerprint density at radius 2 is 1.85 bits per heavy atom. The predicted octanol–water partition coefficient (Wildman–Crippen LogP) is 5.54. The first-order valence-electron chi connectivity index (χ1n) is 6.84. The lowest BCUT2D eigenvalue weighted by molar-refractivity contribution is 1.06. The van der Waals surface area contributed by atoms with E-state index in [-0.39, 0.29) is 0 Å². The van der Waals surface area contributed by atoms with Crippen LogP contribution >= 0.6 is 15.9 Å². The highest BCUT2D eigenvalue weighted by Gasteiger charge is 2.08. The highest BCUT2D eigenvalue weighted by Crippen LogP contribution is 2.29. The van der Waals surface area contributed by atoms with Crippen molar-refractivity contribution in [2.75, 3.05) is 0 Å². The summed E-state index contributed by atoms with van der Waals surface area (Å²) >= 11 is 3.54. The van der Waals surface area contributed by atoms with Crippen molar-refractivity contribution in [3.05, 3.63) is 64.3 Å². The number of fused-ring (bicyclic) bond motifs is 1. The van der Waals surface area contributed by atoms with E-state index in [1.54, 1.807) is 0 Å². The summed E-state index contributed by atoms with van der Waals surface area (Å²) in [5.41, 5.74) is 4.70. The number of hydrogen-bond acceptors (Lipinski definition) is 1. The van der Waals surface area contributed by atoms with Gasteiger partial charge in [-0.05, 0) is 42.5 Å². The summed E-state index contributed by atoms with van der Waals surface area (Å²) in [4.78, 5) is 4.87. The van der Waals surface area contributed by atoms with Gasteiger partial charge in [-0.3, -0.25) is 4.98 Å². The van der Waals surface area contributed by atoms with Gasteiger partial charge in [-0.2, -0.15) is 0 Å². The average Bonchev–Trinajstić information content (AvgIpc) is 2.46. The van der Waals surface area contributed by atoms with Gasteiger partial charge in [-0.1, -0.05) is 53.2 Å². The van der Waals surface area contributed by atoms with Crippen molar-refractivity contribution in [3.63, 3.8) is 0 Å². The van der Waals surface area contributed by atoms with E-state index in [0.29, 0.717) is 0 Å². The Hall–Kier alpha value is -1.67. The zero-order chi connectivity index (χ0) is 14.1. The van der Waals surface area contributed by atoms with Gasteiger partial charge in [0.1, 0.15) is 0 Å². The molecule has 0 fully saturated rings. The fraction of sp³-hybridized carbons (Fsp3) is 0.167. The minimum absolute atomic E-state index is 0.937. The molecule has 0 atom stereocenters. The Balaban J connectivity index is 2.29. The molecule has 0 aliphatic rings. The van der Waals surface area contributed by atoms with Gasteiger partial charge in [0.25, 0.3) is 0 Å². The monoisotopic (exact) mass is 325 g/mol. The van der Waals surface area contributed by atoms with E-state index in [1.165, 1.54) is 21.9 Å². The summed E-state index contributed by atoms with van der Waals surface area (Å²) in [6.07, 6.45) is 0.937. The van der Waals surface area contributed by atoms with Gasteiger partial charge < -0.3 is 0 Å². The van der Waals surface area contributed by atoms with Crippen LogP contribution in [0.3, 0.4) is 0 Å². The molecular weight excluding hydrogens is 310 g/mol. The lowest BCUT2D eigenvalue weighted by atomic mass is 10.0. The second-order valence-electron chi connectivity index (χ2n) is 4.99. The molecule has 100 valence electrons. The lowest BCUT2D eigenvalue weighted by Gasteiger charge is -2.10. The maximum Gasteiger partial charge on any atom is 0.0714 e. The zero-order valence-corrected chi connectivity index (χ0v) is 13.2. The molecule has 0 bridgehead atoms. The number of aromatic nitrogens is 1. The summed E-state index contributed by atoms with van der Waals surface area (Å²) in [7, 11) is 0. The number of halogens is 1. The van der Waals surface area contributed by atoms with E-state index in [2.05, 4.69) is 78.3 Å². The van der Waals surface area contributed by atoms with Crippen LogP contribution in [0.15, 0.2) is 53.0 Å². The van der Waals surface area contributed by atoms with Gasteiger partial charge in [0.2, 0.25) is 0 Å². The molecule has 0 radical (unpaired) electrons. The predicted molar refractivity (Wildman–Crippen MR) is 89.0 cm³/mol. The Kier molecular flexibility index (Phi) is 3.58. The van der Waals surface area contributed by atoms with E-state index in [0.717, 1.165) is 22.3 Å². The topological polar surface area (TPSA) is 12.9 Å². The van der Waals surface area contributed by atoms with Gasteiger partial charge in [0.05, 0.1) is 5.69 Å². The van der Waals surface area contributed by atoms with Crippen molar-refractivity contribution in [1.82, 2.24) is 4.98 Å². The van der Waals surface area contributed by atoms with Gasteiger partial charge in [0.15, 0.2) is 0 Å². The van der Waals surface area contributed by atoms with E-state index in [9.17, 15) is 0 Å². The molecule has 0 amide bonds. The molecule has 1 heterocycles. The minimum Gasteiger partial charge on any atom is -0.252 e. The van der Waals surface area contributed by atoms with Gasteiger partial charge in [-0.15, -0.1) is 0 Å². The summed E-state index contributed by atoms with van der Waals surface area (Å²) in [5.74, 6) is 0. The molecule has 1 aromatic heterocycles. The number of hydrogen-bond donors (Lipinski definition) is 0. The van der Waals surface area contributed by atoms with Crippen molar-refractivity contribution < 1.29 is 0 Å². The molecule has 3 rings (SSSR count). The van der Waals surface area contributed by atoms with Crippen LogP contribution in [0.2, 0.25) is 0 Å². The summed E-state index contributed by atoms with van der Waals surface area (Å²) in [6, 6.07) is 17.0. The fourth-order valence-corrected chi connectivity index (χ4v) is 2.92. The molecule has 0 aliphatic heterocycles. The van der Waals surface area contributed by atoms with E-state index in [4.69, 9.17) is 4.98 Å². The highest BCUT2D eigenvalue weighted by atomic mass is 79.9. The van der Waals surface area contributed by atoms with Gasteiger partial charge in [0, 0.05) is 21.1 Å². The van der Waals surface area contributed by atoms with Crippen LogP contribution in [-0.4, -0.2) is 4.98 Å². The molecule has 1 nitrogen and oxygen atoms in total. The van der Waals surface area contributed by atoms with E-state index in [1.807, 2.05) is 0 Å². The van der Waals surface area contributed by atoms with Crippen molar-refractivity contribution in [1.29, 1.82) is 0 Å². The third-order valence-electron chi connectivity index (χ3n) is 3.63. The van der Waals surface area contributed by atoms with Crippen molar-refractivity contribution in [3.8, 4) is 11.3 Å². The molecule has 0 N–H and O–H groups in total. The molecular formula is C18H16BrN. The number of nitrogens with zero attached hydrogens (tertiary/aromatic N) is 1. The SMILES string of the molecule is CCc1nc(-c2ccccc2C)cc2ccc(Br)cc12. The first-order chi connectivity index (χ1) is 9.69. The highest BCUT2D eigenvalue weighted by molar-refractivity contribution is 9.10. The first-order valence-corrected chi connectivity index (χ1v) is 7.63. The van der Waals surface area contributed by atoms with Crippen LogP contribution in [0.5, 0.6) is 0 Å². The molecule has 20 heavy (non-hydrogen) atoms.